The number of carbonyl (C=O) groups excluding carboxylic acids is 2. The Kier molecular flexibility index (Phi) is 3.89. The molecule has 1 amide bonds. The van der Waals surface area contributed by atoms with Gasteiger partial charge in [-0.05, 0) is 0 Å². The van der Waals surface area contributed by atoms with Gasteiger partial charge in [0.25, 0.3) is 0 Å². The van der Waals surface area contributed by atoms with E-state index in [9.17, 15) is 18.4 Å². The first-order chi connectivity index (χ1) is 7.71. The summed E-state index contributed by atoms with van der Waals surface area (Å²) in [4.78, 5) is 31.5. The predicted octanol–water partition coefficient (Wildman–Crippen LogP) is 1.56. The minimum Gasteiger partial charge on any atom is -0.332 e. The highest BCUT2D eigenvalue weighted by atomic mass is 35.5. The molecule has 0 radical (unpaired) electrons. The van der Waals surface area contributed by atoms with Gasteiger partial charge in [-0.15, -0.1) is 0 Å². The van der Waals surface area contributed by atoms with Crippen LogP contribution in [-0.2, 0) is 9.63 Å². The van der Waals surface area contributed by atoms with Gasteiger partial charge in [-0.25, -0.2) is 9.78 Å². The number of H-pyrrole nitrogens is 1. The minimum absolute atomic E-state index is 0.120. The number of nitrogens with one attached hydrogen (secondary N) is 2. The van der Waals surface area contributed by atoms with E-state index in [-0.39, 0.29) is 10.3 Å². The van der Waals surface area contributed by atoms with Crippen molar-refractivity contribution in [1.82, 2.24) is 15.4 Å². The van der Waals surface area contributed by atoms with E-state index in [0.29, 0.717) is 6.92 Å². The van der Waals surface area contributed by atoms with Gasteiger partial charge in [0.1, 0.15) is 5.15 Å². The molecule has 0 fully saturated rings. The third-order valence-corrected chi connectivity index (χ3v) is 2.09. The minimum atomic E-state index is -3.67. The molecule has 1 aromatic heterocycles. The Hall–Kier alpha value is -1.41. The number of aromatic nitrogens is 2. The molecule has 0 aliphatic rings. The SMILES string of the molecule is CC(F)(F)C(=O)NOC(=O)c1nc(Cl)c(Cl)[nH]1. The number of imidazole rings is 1. The van der Waals surface area contributed by atoms with Crippen molar-refractivity contribution in [2.24, 2.45) is 0 Å². The summed E-state index contributed by atoms with van der Waals surface area (Å²) in [5.74, 6) is -7.08. The molecule has 0 saturated heterocycles. The average Bonchev–Trinajstić information content (AvgIpc) is 2.54. The van der Waals surface area contributed by atoms with Gasteiger partial charge in [-0.1, -0.05) is 23.2 Å². The zero-order valence-corrected chi connectivity index (χ0v) is 9.70. The summed E-state index contributed by atoms with van der Waals surface area (Å²) in [6.45, 7) is 0.344. The fraction of sp³-hybridized carbons (Fsp3) is 0.286. The fourth-order valence-electron chi connectivity index (χ4n) is 0.658. The van der Waals surface area contributed by atoms with Crippen LogP contribution in [0.2, 0.25) is 10.3 Å². The summed E-state index contributed by atoms with van der Waals surface area (Å²) in [5, 5.41) is -0.309. The molecule has 0 bridgehead atoms. The van der Waals surface area contributed by atoms with Crippen LogP contribution in [0.3, 0.4) is 0 Å². The van der Waals surface area contributed by atoms with Crippen LogP contribution in [0, 0.1) is 0 Å². The van der Waals surface area contributed by atoms with Crippen LogP contribution >= 0.6 is 23.2 Å². The van der Waals surface area contributed by atoms with E-state index in [4.69, 9.17) is 23.2 Å². The van der Waals surface area contributed by atoms with Gasteiger partial charge in [0.05, 0.1) is 0 Å². The summed E-state index contributed by atoms with van der Waals surface area (Å²) < 4.78 is 24.7. The molecule has 10 heteroatoms. The Bertz CT molecular complexity index is 438. The molecule has 6 nitrogen and oxygen atoms in total. The Morgan fingerprint density at radius 2 is 2.06 bits per heavy atom. The number of hydrogen-bond donors (Lipinski definition) is 2. The lowest BCUT2D eigenvalue weighted by Crippen LogP contribution is -2.39. The second kappa shape index (κ2) is 4.84. The molecule has 2 N–H and O–H groups in total. The maximum Gasteiger partial charge on any atom is 0.398 e. The summed E-state index contributed by atoms with van der Waals surface area (Å²) in [6, 6.07) is 0. The van der Waals surface area contributed by atoms with Crippen LogP contribution in [0.1, 0.15) is 17.5 Å². The van der Waals surface area contributed by atoms with Crippen LogP contribution in [0.15, 0.2) is 0 Å². The first-order valence-corrected chi connectivity index (χ1v) is 4.78. The Labute approximate surface area is 103 Å². The topological polar surface area (TPSA) is 84.1 Å². The second-order valence-corrected chi connectivity index (χ2v) is 3.64. The van der Waals surface area contributed by atoms with E-state index in [2.05, 4.69) is 14.8 Å². The van der Waals surface area contributed by atoms with Gasteiger partial charge < -0.3 is 9.82 Å². The molecular weight excluding hydrogens is 283 g/mol. The van der Waals surface area contributed by atoms with Gasteiger partial charge >= 0.3 is 17.8 Å². The normalized spacial score (nSPS) is 11.1. The van der Waals surface area contributed by atoms with Crippen LogP contribution in [0.25, 0.3) is 0 Å². The van der Waals surface area contributed by atoms with E-state index in [1.165, 1.54) is 5.48 Å². The maximum atomic E-state index is 12.4. The highest BCUT2D eigenvalue weighted by Gasteiger charge is 2.33. The predicted molar refractivity (Wildman–Crippen MR) is 52.8 cm³/mol. The van der Waals surface area contributed by atoms with Crippen LogP contribution in [0.4, 0.5) is 8.78 Å². The van der Waals surface area contributed by atoms with E-state index in [1.54, 1.807) is 0 Å². The quantitative estimate of drug-likeness (QED) is 0.809. The molecule has 0 aliphatic heterocycles. The fourth-order valence-corrected chi connectivity index (χ4v) is 0.922. The van der Waals surface area contributed by atoms with Gasteiger partial charge in [0.2, 0.25) is 5.82 Å². The molecule has 0 unspecified atom stereocenters. The maximum absolute atomic E-state index is 12.4. The summed E-state index contributed by atoms with van der Waals surface area (Å²) in [6.07, 6.45) is 0. The largest absolute Gasteiger partial charge is 0.398 e. The molecule has 1 aromatic rings. The van der Waals surface area contributed by atoms with Gasteiger partial charge in [-0.2, -0.15) is 14.3 Å². The third kappa shape index (κ3) is 3.53. The zero-order valence-electron chi connectivity index (χ0n) is 8.18. The smallest absolute Gasteiger partial charge is 0.332 e. The lowest BCUT2D eigenvalue weighted by atomic mass is 10.4. The summed E-state index contributed by atoms with van der Waals surface area (Å²) in [7, 11) is 0. The van der Waals surface area contributed by atoms with Gasteiger partial charge in [-0.3, -0.25) is 4.79 Å². The van der Waals surface area contributed by atoms with Crippen molar-refractivity contribution in [3.05, 3.63) is 16.1 Å². The molecule has 0 aliphatic carbocycles. The van der Waals surface area contributed by atoms with Crippen LogP contribution in [-0.4, -0.2) is 27.8 Å². The third-order valence-electron chi connectivity index (χ3n) is 1.45. The van der Waals surface area contributed by atoms with E-state index in [1.807, 2.05) is 0 Å². The van der Waals surface area contributed by atoms with Crippen molar-refractivity contribution in [3.63, 3.8) is 0 Å². The van der Waals surface area contributed by atoms with Crippen molar-refractivity contribution >= 4 is 35.1 Å². The average molecular weight is 288 g/mol. The van der Waals surface area contributed by atoms with Crippen molar-refractivity contribution in [2.45, 2.75) is 12.8 Å². The molecule has 0 spiro atoms. The Morgan fingerprint density at radius 3 is 2.47 bits per heavy atom. The van der Waals surface area contributed by atoms with Crippen molar-refractivity contribution < 1.29 is 23.2 Å². The van der Waals surface area contributed by atoms with Crippen molar-refractivity contribution in [2.75, 3.05) is 0 Å². The molecule has 1 rings (SSSR count). The zero-order chi connectivity index (χ0) is 13.2. The molecule has 0 aromatic carbocycles. The van der Waals surface area contributed by atoms with E-state index >= 15 is 0 Å². The molecule has 94 valence electrons. The highest BCUT2D eigenvalue weighted by molar-refractivity contribution is 6.40. The van der Waals surface area contributed by atoms with Crippen LogP contribution < -0.4 is 5.48 Å². The first-order valence-electron chi connectivity index (χ1n) is 4.02. The highest BCUT2D eigenvalue weighted by Crippen LogP contribution is 2.18. The van der Waals surface area contributed by atoms with Gasteiger partial charge in [0.15, 0.2) is 5.15 Å². The Balaban J connectivity index is 2.60. The standard InChI is InChI=1S/C7H5Cl2F2N3O3/c1-7(10,11)6(16)14-17-5(15)4-12-2(8)3(9)13-4/h1H3,(H,12,13)(H,14,16). The number of alkyl halides is 2. The lowest BCUT2D eigenvalue weighted by molar-refractivity contribution is -0.152. The Morgan fingerprint density at radius 1 is 1.47 bits per heavy atom. The summed E-state index contributed by atoms with van der Waals surface area (Å²) in [5.41, 5.74) is 1.26. The lowest BCUT2D eigenvalue weighted by Gasteiger charge is -2.09. The van der Waals surface area contributed by atoms with E-state index in [0.717, 1.165) is 0 Å². The molecular formula is C7H5Cl2F2N3O3. The summed E-state index contributed by atoms with van der Waals surface area (Å²) >= 11 is 10.9. The van der Waals surface area contributed by atoms with Gasteiger partial charge in [0, 0.05) is 6.92 Å². The monoisotopic (exact) mass is 287 g/mol. The molecule has 17 heavy (non-hydrogen) atoms. The first kappa shape index (κ1) is 13.7. The number of aromatic amines is 1. The van der Waals surface area contributed by atoms with Crippen molar-refractivity contribution in [3.8, 4) is 0 Å². The van der Waals surface area contributed by atoms with Crippen molar-refractivity contribution in [1.29, 1.82) is 0 Å². The molecule has 0 saturated carbocycles. The number of hydrogen-bond acceptors (Lipinski definition) is 4. The molecule has 0 atom stereocenters. The van der Waals surface area contributed by atoms with Crippen LogP contribution in [0.5, 0.6) is 0 Å². The molecule has 1 heterocycles. The second-order valence-electron chi connectivity index (χ2n) is 2.90. The van der Waals surface area contributed by atoms with E-state index < -0.39 is 23.6 Å². The number of nitrogens with zero attached hydrogens (tertiary/aromatic N) is 1. The number of halogens is 4. The number of hydroxylamine groups is 1. The number of carbonyl (C=O) groups is 2. The number of amides is 1. The number of rotatable bonds is 2.